The number of aliphatic hydroxyl groups excluding tert-OH is 1. The molecule has 4 nitrogen and oxygen atoms in total. The molecule has 0 amide bonds. The lowest BCUT2D eigenvalue weighted by Crippen LogP contribution is -2.30. The fraction of sp³-hybridized carbons (Fsp3) is 0.643. The number of aromatic nitrogens is 1. The van der Waals surface area contributed by atoms with Gasteiger partial charge in [-0.3, -0.25) is 0 Å². The number of aliphatic hydroxyl groups is 1. The van der Waals surface area contributed by atoms with E-state index >= 15 is 0 Å². The van der Waals surface area contributed by atoms with Gasteiger partial charge in [0.2, 0.25) is 5.88 Å². The number of anilines is 1. The Morgan fingerprint density at radius 2 is 2.17 bits per heavy atom. The molecule has 1 aliphatic carbocycles. The zero-order valence-corrected chi connectivity index (χ0v) is 11.0. The number of nitrogens with zero attached hydrogens (tertiary/aromatic N) is 1. The van der Waals surface area contributed by atoms with Gasteiger partial charge in [-0.15, -0.1) is 0 Å². The summed E-state index contributed by atoms with van der Waals surface area (Å²) in [5.74, 6) is 1.47. The van der Waals surface area contributed by atoms with Crippen LogP contribution in [0.4, 0.5) is 5.82 Å². The molecule has 4 heteroatoms. The molecular formula is C14H22N2O2. The van der Waals surface area contributed by atoms with Crippen molar-refractivity contribution in [1.29, 1.82) is 0 Å². The Kier molecular flexibility index (Phi) is 4.42. The van der Waals surface area contributed by atoms with Gasteiger partial charge in [-0.1, -0.05) is 18.9 Å². The number of nitrogens with one attached hydrogen (secondary N) is 1. The lowest BCUT2D eigenvalue weighted by atomic mass is 9.87. The second-order valence-electron chi connectivity index (χ2n) is 5.01. The first-order valence-electron chi connectivity index (χ1n) is 6.73. The van der Waals surface area contributed by atoms with Crippen LogP contribution in [0.25, 0.3) is 0 Å². The maximum Gasteiger partial charge on any atom is 0.215 e. The average Bonchev–Trinajstić information content (AvgIpc) is 2.87. The van der Waals surface area contributed by atoms with Crippen molar-refractivity contribution in [3.8, 4) is 5.88 Å². The van der Waals surface area contributed by atoms with Crippen molar-refractivity contribution in [2.24, 2.45) is 5.41 Å². The Bertz CT molecular complexity index is 376. The molecule has 0 unspecified atom stereocenters. The Morgan fingerprint density at radius 3 is 2.83 bits per heavy atom. The molecule has 1 aromatic heterocycles. The van der Waals surface area contributed by atoms with Gasteiger partial charge < -0.3 is 15.2 Å². The highest BCUT2D eigenvalue weighted by Gasteiger charge is 2.32. The van der Waals surface area contributed by atoms with E-state index in [4.69, 9.17) is 4.74 Å². The standard InChI is InChI=1S/C14H22N2O2/c1-2-18-13-7-5-6-12(16-13)15-10-14(11-17)8-3-4-9-14/h5-7,17H,2-4,8-11H2,1H3,(H,15,16). The van der Waals surface area contributed by atoms with Gasteiger partial charge in [0.05, 0.1) is 13.2 Å². The lowest BCUT2D eigenvalue weighted by molar-refractivity contribution is 0.142. The predicted molar refractivity (Wildman–Crippen MR) is 71.9 cm³/mol. The van der Waals surface area contributed by atoms with Crippen LogP contribution >= 0.6 is 0 Å². The Morgan fingerprint density at radius 1 is 1.39 bits per heavy atom. The highest BCUT2D eigenvalue weighted by molar-refractivity contribution is 5.37. The molecule has 18 heavy (non-hydrogen) atoms. The van der Waals surface area contributed by atoms with Crippen molar-refractivity contribution in [2.45, 2.75) is 32.6 Å². The van der Waals surface area contributed by atoms with Crippen LogP contribution in [0.3, 0.4) is 0 Å². The van der Waals surface area contributed by atoms with Crippen molar-refractivity contribution < 1.29 is 9.84 Å². The molecule has 0 bridgehead atoms. The Hall–Kier alpha value is -1.29. The van der Waals surface area contributed by atoms with E-state index in [0.717, 1.165) is 25.2 Å². The molecule has 0 atom stereocenters. The number of rotatable bonds is 6. The summed E-state index contributed by atoms with van der Waals surface area (Å²) in [5, 5.41) is 12.9. The molecule has 0 spiro atoms. The van der Waals surface area contributed by atoms with Gasteiger partial charge in [0.15, 0.2) is 0 Å². The van der Waals surface area contributed by atoms with Gasteiger partial charge in [-0.25, -0.2) is 0 Å². The normalized spacial score (nSPS) is 17.7. The van der Waals surface area contributed by atoms with Crippen molar-refractivity contribution in [1.82, 2.24) is 4.98 Å². The minimum absolute atomic E-state index is 0.0449. The summed E-state index contributed by atoms with van der Waals surface area (Å²) in [6.07, 6.45) is 4.63. The van der Waals surface area contributed by atoms with Gasteiger partial charge in [0.1, 0.15) is 5.82 Å². The van der Waals surface area contributed by atoms with E-state index in [0.29, 0.717) is 12.5 Å². The summed E-state index contributed by atoms with van der Waals surface area (Å²) >= 11 is 0. The Balaban J connectivity index is 1.94. The third-order valence-corrected chi connectivity index (χ3v) is 3.66. The maximum absolute atomic E-state index is 9.55. The number of pyridine rings is 1. The van der Waals surface area contributed by atoms with Gasteiger partial charge in [-0.05, 0) is 25.8 Å². The molecule has 1 aliphatic rings. The molecule has 0 aromatic carbocycles. The average molecular weight is 250 g/mol. The fourth-order valence-corrected chi connectivity index (χ4v) is 2.54. The lowest BCUT2D eigenvalue weighted by Gasteiger charge is -2.26. The molecule has 1 saturated carbocycles. The topological polar surface area (TPSA) is 54.4 Å². The minimum Gasteiger partial charge on any atom is -0.478 e. The zero-order chi connectivity index (χ0) is 12.8. The van der Waals surface area contributed by atoms with Crippen molar-refractivity contribution >= 4 is 5.82 Å². The monoisotopic (exact) mass is 250 g/mol. The van der Waals surface area contributed by atoms with Crippen LogP contribution < -0.4 is 10.1 Å². The smallest absolute Gasteiger partial charge is 0.215 e. The fourth-order valence-electron chi connectivity index (χ4n) is 2.54. The van der Waals surface area contributed by atoms with E-state index < -0.39 is 0 Å². The quantitative estimate of drug-likeness (QED) is 0.814. The summed E-state index contributed by atoms with van der Waals surface area (Å²) < 4.78 is 5.37. The van der Waals surface area contributed by atoms with Crippen molar-refractivity contribution in [3.63, 3.8) is 0 Å². The number of hydrogen-bond acceptors (Lipinski definition) is 4. The van der Waals surface area contributed by atoms with E-state index in [1.165, 1.54) is 12.8 Å². The highest BCUT2D eigenvalue weighted by atomic mass is 16.5. The first-order valence-corrected chi connectivity index (χ1v) is 6.73. The van der Waals surface area contributed by atoms with Gasteiger partial charge in [0.25, 0.3) is 0 Å². The number of ether oxygens (including phenoxy) is 1. The molecule has 1 heterocycles. The molecule has 0 saturated heterocycles. The van der Waals surface area contributed by atoms with Crippen LogP contribution in [-0.4, -0.2) is 29.8 Å². The molecule has 1 fully saturated rings. The SMILES string of the molecule is CCOc1cccc(NCC2(CO)CCCC2)n1. The molecule has 100 valence electrons. The molecular weight excluding hydrogens is 228 g/mol. The van der Waals surface area contributed by atoms with Gasteiger partial charge in [0, 0.05) is 18.0 Å². The molecule has 0 radical (unpaired) electrons. The molecule has 2 N–H and O–H groups in total. The summed E-state index contributed by atoms with van der Waals surface area (Å²) in [6, 6.07) is 5.72. The minimum atomic E-state index is 0.0449. The zero-order valence-electron chi connectivity index (χ0n) is 11.0. The van der Waals surface area contributed by atoms with Crippen molar-refractivity contribution in [2.75, 3.05) is 25.1 Å². The van der Waals surface area contributed by atoms with E-state index in [1.54, 1.807) is 0 Å². The summed E-state index contributed by atoms with van der Waals surface area (Å²) in [5.41, 5.74) is 0.0449. The maximum atomic E-state index is 9.55. The third kappa shape index (κ3) is 3.13. The van der Waals surface area contributed by atoms with Crippen LogP contribution in [-0.2, 0) is 0 Å². The number of hydrogen-bond donors (Lipinski definition) is 2. The van der Waals surface area contributed by atoms with Crippen LogP contribution in [0.5, 0.6) is 5.88 Å². The third-order valence-electron chi connectivity index (χ3n) is 3.66. The molecule has 0 aliphatic heterocycles. The van der Waals surface area contributed by atoms with Crippen LogP contribution in [0.2, 0.25) is 0 Å². The largest absolute Gasteiger partial charge is 0.478 e. The predicted octanol–water partition coefficient (Wildman–Crippen LogP) is 2.44. The van der Waals surface area contributed by atoms with Gasteiger partial charge >= 0.3 is 0 Å². The van der Waals surface area contributed by atoms with E-state index in [-0.39, 0.29) is 12.0 Å². The summed E-state index contributed by atoms with van der Waals surface area (Å²) in [4.78, 5) is 4.37. The first kappa shape index (κ1) is 13.1. The summed E-state index contributed by atoms with van der Waals surface area (Å²) in [7, 11) is 0. The van der Waals surface area contributed by atoms with E-state index in [1.807, 2.05) is 25.1 Å². The van der Waals surface area contributed by atoms with Crippen LogP contribution in [0, 0.1) is 5.41 Å². The Labute approximate surface area is 108 Å². The molecule has 2 rings (SSSR count). The molecule has 1 aromatic rings. The first-order chi connectivity index (χ1) is 8.78. The van der Waals surface area contributed by atoms with Gasteiger partial charge in [-0.2, -0.15) is 4.98 Å². The van der Waals surface area contributed by atoms with Crippen LogP contribution in [0.1, 0.15) is 32.6 Å². The van der Waals surface area contributed by atoms with Crippen molar-refractivity contribution in [3.05, 3.63) is 18.2 Å². The van der Waals surface area contributed by atoms with E-state index in [9.17, 15) is 5.11 Å². The second-order valence-corrected chi connectivity index (χ2v) is 5.01. The van der Waals surface area contributed by atoms with Crippen LogP contribution in [0.15, 0.2) is 18.2 Å². The summed E-state index contributed by atoms with van der Waals surface area (Å²) in [6.45, 7) is 3.61. The van der Waals surface area contributed by atoms with E-state index in [2.05, 4.69) is 10.3 Å². The second kappa shape index (κ2) is 6.05. The highest BCUT2D eigenvalue weighted by Crippen LogP contribution is 2.37.